The highest BCUT2D eigenvalue weighted by Gasteiger charge is 2.21. The van der Waals surface area contributed by atoms with Gasteiger partial charge in [0.05, 0.1) is 18.1 Å². The molecule has 0 aliphatic heterocycles. The Kier molecular flexibility index (Phi) is 4.55. The van der Waals surface area contributed by atoms with Crippen LogP contribution >= 0.6 is 0 Å². The van der Waals surface area contributed by atoms with Crippen LogP contribution in [0.1, 0.15) is 20.8 Å². The van der Waals surface area contributed by atoms with Crippen LogP contribution in [0.25, 0.3) is 22.3 Å². The third-order valence-electron chi connectivity index (χ3n) is 4.04. The molecule has 0 aliphatic carbocycles. The zero-order valence-corrected chi connectivity index (χ0v) is 15.3. The summed E-state index contributed by atoms with van der Waals surface area (Å²) < 4.78 is 11.2. The summed E-state index contributed by atoms with van der Waals surface area (Å²) in [5.74, 6) is 0.947. The van der Waals surface area contributed by atoms with Crippen LogP contribution in [0.2, 0.25) is 0 Å². The van der Waals surface area contributed by atoms with Crippen LogP contribution in [0.4, 0.5) is 5.69 Å². The molecule has 0 fully saturated rings. The molecule has 1 N–H and O–H groups in total. The topological polar surface area (TPSA) is 68.5 Å². The summed E-state index contributed by atoms with van der Waals surface area (Å²) in [6.45, 7) is 5.49. The van der Waals surface area contributed by atoms with E-state index >= 15 is 0 Å². The van der Waals surface area contributed by atoms with Crippen molar-refractivity contribution in [3.63, 3.8) is 0 Å². The second-order valence-corrected chi connectivity index (χ2v) is 7.09. The predicted molar refractivity (Wildman–Crippen MR) is 103 cm³/mol. The maximum atomic E-state index is 12.6. The van der Waals surface area contributed by atoms with Crippen molar-refractivity contribution in [1.29, 1.82) is 0 Å². The smallest absolute Gasteiger partial charge is 0.229 e. The first-order valence-corrected chi connectivity index (χ1v) is 8.32. The number of carbonyl (C=O) groups is 1. The molecule has 1 amide bonds. The van der Waals surface area contributed by atoms with Crippen molar-refractivity contribution in [2.45, 2.75) is 20.8 Å². The lowest BCUT2D eigenvalue weighted by Crippen LogP contribution is -2.27. The van der Waals surface area contributed by atoms with Crippen LogP contribution in [0.15, 0.2) is 57.7 Å². The van der Waals surface area contributed by atoms with Crippen LogP contribution in [0.3, 0.4) is 0 Å². The molecular weight excluding hydrogens is 330 g/mol. The molecule has 0 aliphatic rings. The van der Waals surface area contributed by atoms with Crippen LogP contribution in [0, 0.1) is 5.41 Å². The highest BCUT2D eigenvalue weighted by molar-refractivity contribution is 5.96. The van der Waals surface area contributed by atoms with Crippen molar-refractivity contribution in [2.75, 3.05) is 12.4 Å². The molecule has 0 unspecified atom stereocenters. The fraction of sp³-hybridized carbons (Fsp3) is 0.238. The number of amides is 1. The monoisotopic (exact) mass is 351 g/mol. The van der Waals surface area contributed by atoms with Crippen molar-refractivity contribution in [3.8, 4) is 17.1 Å². The van der Waals surface area contributed by atoms with Gasteiger partial charge in [0.25, 0.3) is 0 Å². The van der Waals surface area contributed by atoms with Gasteiger partial charge in [0.2, 0.25) is 5.91 Å². The van der Waals surface area contributed by atoms with E-state index in [2.05, 4.69) is 5.32 Å². The predicted octanol–water partition coefficient (Wildman–Crippen LogP) is 4.45. The number of hydrogen-bond acceptors (Lipinski definition) is 4. The van der Waals surface area contributed by atoms with Crippen molar-refractivity contribution in [2.24, 2.45) is 5.41 Å². The number of nitrogens with one attached hydrogen (secondary N) is 1. The highest BCUT2D eigenvalue weighted by atomic mass is 16.5. The molecule has 0 spiro atoms. The second kappa shape index (κ2) is 6.67. The van der Waals surface area contributed by atoms with E-state index < -0.39 is 5.41 Å². The van der Waals surface area contributed by atoms with E-state index in [-0.39, 0.29) is 11.3 Å². The van der Waals surface area contributed by atoms with Gasteiger partial charge >= 0.3 is 0 Å². The summed E-state index contributed by atoms with van der Waals surface area (Å²) in [5, 5.41) is 3.24. The average Bonchev–Trinajstić information content (AvgIpc) is 2.61. The van der Waals surface area contributed by atoms with Crippen LogP contribution in [-0.4, -0.2) is 13.0 Å². The number of methoxy groups -OCH3 is 1. The van der Waals surface area contributed by atoms with Crippen LogP contribution in [-0.2, 0) is 4.79 Å². The Morgan fingerprint density at radius 3 is 2.50 bits per heavy atom. The van der Waals surface area contributed by atoms with Gasteiger partial charge in [-0.15, -0.1) is 0 Å². The van der Waals surface area contributed by atoms with Gasteiger partial charge in [-0.2, -0.15) is 0 Å². The Hall–Kier alpha value is -3.08. The summed E-state index contributed by atoms with van der Waals surface area (Å²) in [7, 11) is 1.57. The van der Waals surface area contributed by atoms with Crippen molar-refractivity contribution in [3.05, 3.63) is 58.8 Å². The molecule has 3 aromatic rings. The first-order chi connectivity index (χ1) is 12.3. The molecule has 134 valence electrons. The zero-order valence-electron chi connectivity index (χ0n) is 15.3. The summed E-state index contributed by atoms with van der Waals surface area (Å²) >= 11 is 0. The van der Waals surface area contributed by atoms with E-state index in [1.54, 1.807) is 25.3 Å². The number of ether oxygens (including phenoxy) is 1. The number of benzene rings is 2. The SMILES string of the molecule is COc1ccccc1-c1cc(=O)c2cc(NC(=O)C(C)(C)C)ccc2o1. The molecule has 3 rings (SSSR count). The Bertz CT molecular complexity index is 1030. The Morgan fingerprint density at radius 1 is 1.08 bits per heavy atom. The molecule has 5 heteroatoms. The first kappa shape index (κ1) is 17.7. The van der Waals surface area contributed by atoms with Gasteiger partial charge in [-0.3, -0.25) is 9.59 Å². The lowest BCUT2D eigenvalue weighted by atomic mass is 9.95. The van der Waals surface area contributed by atoms with Gasteiger partial charge < -0.3 is 14.5 Å². The van der Waals surface area contributed by atoms with Gasteiger partial charge in [-0.1, -0.05) is 32.9 Å². The molecule has 1 heterocycles. The first-order valence-electron chi connectivity index (χ1n) is 8.32. The summed E-state index contributed by atoms with van der Waals surface area (Å²) in [4.78, 5) is 24.7. The molecule has 0 radical (unpaired) electrons. The zero-order chi connectivity index (χ0) is 18.9. The third kappa shape index (κ3) is 3.47. The van der Waals surface area contributed by atoms with E-state index in [0.29, 0.717) is 33.7 Å². The van der Waals surface area contributed by atoms with Crippen LogP contribution < -0.4 is 15.5 Å². The molecule has 0 bridgehead atoms. The Balaban J connectivity index is 2.05. The van der Waals surface area contributed by atoms with Crippen LogP contribution in [0.5, 0.6) is 5.75 Å². The van der Waals surface area contributed by atoms with E-state index in [1.165, 1.54) is 6.07 Å². The van der Waals surface area contributed by atoms with Crippen molar-refractivity contribution >= 4 is 22.6 Å². The van der Waals surface area contributed by atoms with E-state index in [4.69, 9.17) is 9.15 Å². The number of para-hydroxylation sites is 1. The van der Waals surface area contributed by atoms with Crippen molar-refractivity contribution < 1.29 is 13.9 Å². The molecule has 0 saturated heterocycles. The highest BCUT2D eigenvalue weighted by Crippen LogP contribution is 2.31. The number of rotatable bonds is 3. The molecule has 2 aromatic carbocycles. The van der Waals surface area contributed by atoms with Gasteiger partial charge in [-0.25, -0.2) is 0 Å². The lowest BCUT2D eigenvalue weighted by molar-refractivity contribution is -0.123. The lowest BCUT2D eigenvalue weighted by Gasteiger charge is -2.17. The fourth-order valence-corrected chi connectivity index (χ4v) is 2.53. The Morgan fingerprint density at radius 2 is 1.81 bits per heavy atom. The van der Waals surface area contributed by atoms with E-state index in [9.17, 15) is 9.59 Å². The molecule has 26 heavy (non-hydrogen) atoms. The fourth-order valence-electron chi connectivity index (χ4n) is 2.53. The summed E-state index contributed by atoms with van der Waals surface area (Å²) in [5.41, 5.74) is 1.02. The standard InChI is InChI=1S/C21H21NO4/c1-21(2,3)20(24)22-13-9-10-18-15(11-13)16(23)12-19(26-18)14-7-5-6-8-17(14)25-4/h5-12H,1-4H3,(H,22,24). The molecule has 5 nitrogen and oxygen atoms in total. The Labute approximate surface area is 151 Å². The number of anilines is 1. The van der Waals surface area contributed by atoms with Gasteiger partial charge in [0.1, 0.15) is 17.1 Å². The molecular formula is C21H21NO4. The largest absolute Gasteiger partial charge is 0.496 e. The van der Waals surface area contributed by atoms with Gasteiger partial charge in [-0.05, 0) is 30.3 Å². The molecule has 0 atom stereocenters. The average molecular weight is 351 g/mol. The second-order valence-electron chi connectivity index (χ2n) is 7.09. The van der Waals surface area contributed by atoms with Crippen molar-refractivity contribution in [1.82, 2.24) is 0 Å². The minimum absolute atomic E-state index is 0.119. The van der Waals surface area contributed by atoms with Gasteiger partial charge in [0, 0.05) is 17.2 Å². The maximum Gasteiger partial charge on any atom is 0.229 e. The summed E-state index contributed by atoms with van der Waals surface area (Å²) in [6, 6.07) is 13.8. The minimum atomic E-state index is -0.520. The minimum Gasteiger partial charge on any atom is -0.496 e. The number of carbonyl (C=O) groups excluding carboxylic acids is 1. The summed E-state index contributed by atoms with van der Waals surface area (Å²) in [6.07, 6.45) is 0. The number of fused-ring (bicyclic) bond motifs is 1. The third-order valence-corrected chi connectivity index (χ3v) is 4.04. The van der Waals surface area contributed by atoms with E-state index in [0.717, 1.165) is 0 Å². The normalized spacial score (nSPS) is 11.4. The maximum absolute atomic E-state index is 12.6. The molecule has 1 aromatic heterocycles. The molecule has 0 saturated carbocycles. The quantitative estimate of drug-likeness (QED) is 0.757. The van der Waals surface area contributed by atoms with E-state index in [1.807, 2.05) is 45.0 Å². The number of hydrogen-bond donors (Lipinski definition) is 1. The van der Waals surface area contributed by atoms with Gasteiger partial charge in [0.15, 0.2) is 5.43 Å².